The summed E-state index contributed by atoms with van der Waals surface area (Å²) in [5, 5.41) is 9.56. The van der Waals surface area contributed by atoms with Gasteiger partial charge in [-0.05, 0) is 24.6 Å². The second kappa shape index (κ2) is 9.80. The van der Waals surface area contributed by atoms with Crippen LogP contribution in [0.15, 0.2) is 70.5 Å². The quantitative estimate of drug-likeness (QED) is 0.570. The molecule has 172 valence electrons. The number of thioether (sulfide) groups is 1. The number of hydrogen-bond acceptors (Lipinski definition) is 7. The fourth-order valence-corrected chi connectivity index (χ4v) is 5.33. The van der Waals surface area contributed by atoms with Gasteiger partial charge in [-0.2, -0.15) is 5.11 Å². The Kier molecular flexibility index (Phi) is 6.85. The van der Waals surface area contributed by atoms with Crippen molar-refractivity contribution in [2.24, 2.45) is 16.0 Å². The highest BCUT2D eigenvalue weighted by atomic mass is 32.2. The van der Waals surface area contributed by atoms with Gasteiger partial charge >= 0.3 is 0 Å². The number of halogens is 2. The van der Waals surface area contributed by atoms with Gasteiger partial charge in [0.1, 0.15) is 29.0 Å². The first-order chi connectivity index (χ1) is 16.0. The first-order valence-electron chi connectivity index (χ1n) is 10.4. The van der Waals surface area contributed by atoms with E-state index < -0.39 is 23.3 Å². The Bertz CT molecular complexity index is 1110. The first-order valence-corrected chi connectivity index (χ1v) is 11.4. The smallest absolute Gasteiger partial charge is 0.257 e. The predicted octanol–water partition coefficient (Wildman–Crippen LogP) is 4.19. The van der Waals surface area contributed by atoms with Crippen molar-refractivity contribution in [2.45, 2.75) is 18.1 Å². The van der Waals surface area contributed by atoms with Crippen molar-refractivity contribution >= 4 is 22.8 Å². The van der Waals surface area contributed by atoms with Crippen molar-refractivity contribution in [1.29, 1.82) is 5.53 Å². The molecule has 0 unspecified atom stereocenters. The van der Waals surface area contributed by atoms with Gasteiger partial charge in [-0.25, -0.2) is 19.3 Å². The van der Waals surface area contributed by atoms with Crippen LogP contribution < -0.4 is 10.6 Å². The summed E-state index contributed by atoms with van der Waals surface area (Å²) in [6.45, 7) is -0.00721. The predicted molar refractivity (Wildman–Crippen MR) is 122 cm³/mol. The van der Waals surface area contributed by atoms with E-state index >= 15 is 0 Å². The second-order valence-electron chi connectivity index (χ2n) is 7.80. The molecular weight excluding hydrogens is 448 g/mol. The Morgan fingerprint density at radius 1 is 1.30 bits per heavy atom. The van der Waals surface area contributed by atoms with Crippen LogP contribution in [0.5, 0.6) is 0 Å². The lowest BCUT2D eigenvalue weighted by Gasteiger charge is -2.46. The van der Waals surface area contributed by atoms with Crippen LogP contribution in [0.4, 0.5) is 8.78 Å². The van der Waals surface area contributed by atoms with Gasteiger partial charge in [-0.3, -0.25) is 4.79 Å². The van der Waals surface area contributed by atoms with Gasteiger partial charge in [0, 0.05) is 42.1 Å². The molecule has 33 heavy (non-hydrogen) atoms. The van der Waals surface area contributed by atoms with Crippen LogP contribution in [-0.2, 0) is 10.3 Å². The minimum atomic E-state index is -1.15. The molecule has 0 saturated carbocycles. The molecular formula is C23H23F2N5O2S. The summed E-state index contributed by atoms with van der Waals surface area (Å²) >= 11 is 1.36. The Hall–Kier alpha value is -3.11. The zero-order chi connectivity index (χ0) is 23.4. The zero-order valence-corrected chi connectivity index (χ0v) is 18.7. The molecule has 3 atom stereocenters. The highest BCUT2D eigenvalue weighted by molar-refractivity contribution is 8.13. The molecule has 2 aromatic rings. The summed E-state index contributed by atoms with van der Waals surface area (Å²) in [7, 11) is 1.70. The summed E-state index contributed by atoms with van der Waals surface area (Å²) in [5.74, 6) is -1.40. The summed E-state index contributed by atoms with van der Waals surface area (Å²) in [4.78, 5) is 17.4. The normalized spacial score (nSPS) is 24.9. The van der Waals surface area contributed by atoms with Crippen LogP contribution in [0, 0.1) is 23.1 Å². The van der Waals surface area contributed by atoms with Crippen molar-refractivity contribution < 1.29 is 18.3 Å². The van der Waals surface area contributed by atoms with Gasteiger partial charge in [0.15, 0.2) is 5.17 Å². The molecule has 0 aliphatic carbocycles. The number of rotatable bonds is 5. The largest absolute Gasteiger partial charge is 0.392 e. The van der Waals surface area contributed by atoms with Crippen LogP contribution in [0.1, 0.15) is 22.3 Å². The lowest BCUT2D eigenvalue weighted by Crippen LogP contribution is -2.51. The van der Waals surface area contributed by atoms with Gasteiger partial charge < -0.3 is 15.4 Å². The molecule has 2 heterocycles. The zero-order valence-electron chi connectivity index (χ0n) is 17.8. The van der Waals surface area contributed by atoms with Gasteiger partial charge in [0.25, 0.3) is 5.91 Å². The molecule has 0 aromatic heterocycles. The summed E-state index contributed by atoms with van der Waals surface area (Å²) < 4.78 is 34.6. The number of aliphatic imine (C=N–C) groups is 1. The topological polar surface area (TPSA) is 98.9 Å². The van der Waals surface area contributed by atoms with Gasteiger partial charge in [0.2, 0.25) is 0 Å². The fourth-order valence-electron chi connectivity index (χ4n) is 4.16. The maximum Gasteiger partial charge on any atom is 0.257 e. The van der Waals surface area contributed by atoms with E-state index in [1.807, 2.05) is 6.07 Å². The molecule has 1 saturated heterocycles. The van der Waals surface area contributed by atoms with Crippen molar-refractivity contribution in [1.82, 2.24) is 10.6 Å². The molecule has 1 fully saturated rings. The fraction of sp³-hybridized carbons (Fsp3) is 0.304. The van der Waals surface area contributed by atoms with E-state index in [1.165, 1.54) is 23.9 Å². The minimum absolute atomic E-state index is 0.00721. The number of benzene rings is 2. The third-order valence-corrected chi connectivity index (χ3v) is 6.84. The van der Waals surface area contributed by atoms with Gasteiger partial charge in [0.05, 0.1) is 6.61 Å². The van der Waals surface area contributed by atoms with Crippen LogP contribution in [0.2, 0.25) is 0 Å². The highest BCUT2D eigenvalue weighted by Crippen LogP contribution is 2.47. The number of nitrogens with one attached hydrogen (secondary N) is 3. The maximum atomic E-state index is 15.0. The molecule has 0 bridgehead atoms. The number of amides is 1. The number of nitrogens with zero attached hydrogens (tertiary/aromatic N) is 2. The van der Waals surface area contributed by atoms with E-state index in [0.29, 0.717) is 28.6 Å². The van der Waals surface area contributed by atoms with Crippen LogP contribution in [0.25, 0.3) is 0 Å². The summed E-state index contributed by atoms with van der Waals surface area (Å²) in [6, 6.07) is 12.1. The molecule has 3 N–H and O–H groups in total. The molecule has 10 heteroatoms. The minimum Gasteiger partial charge on any atom is -0.392 e. The third-order valence-electron chi connectivity index (χ3n) is 5.81. The number of carbonyl (C=O) groups excluding carboxylic acids is 1. The SMILES string of the molecule is CN/C=C(\N=N)[C@H]1C[C@H]2CSC(NC(=O)c3ccccc3)=N[C@@]2(c2ccc(F)cc2F)CO1. The summed E-state index contributed by atoms with van der Waals surface area (Å²) in [5.41, 5.74) is 7.40. The van der Waals surface area contributed by atoms with Crippen molar-refractivity contribution in [2.75, 3.05) is 19.4 Å². The van der Waals surface area contributed by atoms with E-state index in [-0.39, 0.29) is 24.0 Å². The van der Waals surface area contributed by atoms with E-state index in [9.17, 15) is 13.6 Å². The first kappa shape index (κ1) is 23.1. The Morgan fingerprint density at radius 2 is 2.09 bits per heavy atom. The Balaban J connectivity index is 1.70. The molecule has 7 nitrogen and oxygen atoms in total. The molecule has 0 radical (unpaired) electrons. The van der Waals surface area contributed by atoms with Crippen molar-refractivity contribution in [3.05, 3.63) is 83.2 Å². The molecule has 4 rings (SSSR count). The van der Waals surface area contributed by atoms with Gasteiger partial charge in [-0.1, -0.05) is 36.0 Å². The van der Waals surface area contributed by atoms with E-state index in [1.54, 1.807) is 37.5 Å². The lowest BCUT2D eigenvalue weighted by atomic mass is 9.74. The Labute approximate surface area is 194 Å². The average Bonchev–Trinajstić information content (AvgIpc) is 2.82. The lowest BCUT2D eigenvalue weighted by molar-refractivity contribution is -0.0406. The monoisotopic (exact) mass is 471 g/mol. The highest BCUT2D eigenvalue weighted by Gasteiger charge is 2.50. The molecule has 2 aromatic carbocycles. The number of carbonyl (C=O) groups is 1. The van der Waals surface area contributed by atoms with Crippen LogP contribution in [0.3, 0.4) is 0 Å². The van der Waals surface area contributed by atoms with Crippen LogP contribution >= 0.6 is 11.8 Å². The standard InChI is InChI=1S/C23H23F2N5O2S/c1-27-11-19(30-26)20-9-15-12-33-22(28-21(31)14-5-3-2-4-6-14)29-23(15,13-32-20)17-8-7-16(24)10-18(17)25/h2-8,10-11,15,20,26-27H,9,12-13H2,1H3,(H,28,29,31)/b19-11-,30-26?/t15-,20+,23-/m0/s1. The summed E-state index contributed by atoms with van der Waals surface area (Å²) in [6.07, 6.45) is 1.56. The number of ether oxygens (including phenoxy) is 1. The van der Waals surface area contributed by atoms with E-state index in [2.05, 4.69) is 15.7 Å². The molecule has 1 amide bonds. The number of fused-ring (bicyclic) bond motifs is 1. The second-order valence-corrected chi connectivity index (χ2v) is 8.81. The van der Waals surface area contributed by atoms with E-state index in [4.69, 9.17) is 15.3 Å². The van der Waals surface area contributed by atoms with E-state index in [0.717, 1.165) is 6.07 Å². The molecule has 2 aliphatic rings. The molecule has 0 spiro atoms. The van der Waals surface area contributed by atoms with Crippen molar-refractivity contribution in [3.8, 4) is 0 Å². The number of amidine groups is 1. The molecule has 2 aliphatic heterocycles. The van der Waals surface area contributed by atoms with Crippen LogP contribution in [-0.4, -0.2) is 36.6 Å². The van der Waals surface area contributed by atoms with Crippen molar-refractivity contribution in [3.63, 3.8) is 0 Å². The average molecular weight is 472 g/mol. The maximum absolute atomic E-state index is 15.0. The Morgan fingerprint density at radius 3 is 2.79 bits per heavy atom. The third kappa shape index (κ3) is 4.67. The number of hydrogen-bond donors (Lipinski definition) is 3. The van der Waals surface area contributed by atoms with Gasteiger partial charge in [-0.15, -0.1) is 0 Å².